The Morgan fingerprint density at radius 1 is 0.912 bits per heavy atom. The fraction of sp³-hybridized carbons (Fsp3) is 0.444. The summed E-state index contributed by atoms with van der Waals surface area (Å²) in [5.41, 5.74) is 3.74. The minimum Gasteiger partial charge on any atom is -0.481 e. The van der Waals surface area contributed by atoms with Gasteiger partial charge in [0.2, 0.25) is 5.91 Å². The molecule has 0 saturated heterocycles. The van der Waals surface area contributed by atoms with E-state index in [0.29, 0.717) is 25.8 Å². The lowest BCUT2D eigenvalue weighted by Gasteiger charge is -2.40. The maximum Gasteiger partial charge on any atom is 0.408 e. The second-order valence-electron chi connectivity index (χ2n) is 9.20. The molecule has 2 aromatic carbocycles. The number of ether oxygens (including phenoxy) is 1. The van der Waals surface area contributed by atoms with Gasteiger partial charge in [-0.3, -0.25) is 9.59 Å². The quantitative estimate of drug-likeness (QED) is 0.422. The first kappa shape index (κ1) is 23.8. The first-order valence-electron chi connectivity index (χ1n) is 12.1. The molecule has 2 aliphatic rings. The van der Waals surface area contributed by atoms with E-state index in [0.717, 1.165) is 36.8 Å². The number of carboxylic acids is 1. The number of carbonyl (C=O) groups is 3. The van der Waals surface area contributed by atoms with Gasteiger partial charge in [-0.25, -0.2) is 4.79 Å². The average molecular weight is 465 g/mol. The number of unbranched alkanes of at least 4 members (excludes halogenated alkanes) is 3. The molecule has 3 N–H and O–H groups in total. The molecule has 0 radical (unpaired) electrons. The van der Waals surface area contributed by atoms with Crippen LogP contribution in [0.1, 0.15) is 68.4 Å². The van der Waals surface area contributed by atoms with Gasteiger partial charge in [0.25, 0.3) is 0 Å². The minimum atomic E-state index is -0.897. The van der Waals surface area contributed by atoms with Crippen molar-refractivity contribution in [2.45, 2.75) is 62.8 Å². The van der Waals surface area contributed by atoms with Crippen LogP contribution in [0, 0.1) is 0 Å². The lowest BCUT2D eigenvalue weighted by molar-refractivity contribution is -0.137. The van der Waals surface area contributed by atoms with Gasteiger partial charge in [-0.2, -0.15) is 0 Å². The van der Waals surface area contributed by atoms with Crippen LogP contribution in [0.5, 0.6) is 0 Å². The van der Waals surface area contributed by atoms with Crippen molar-refractivity contribution in [1.82, 2.24) is 10.6 Å². The number of fused-ring (bicyclic) bond motifs is 3. The lowest BCUT2D eigenvalue weighted by atomic mass is 9.76. The summed E-state index contributed by atoms with van der Waals surface area (Å²) in [6.45, 7) is 0.730. The van der Waals surface area contributed by atoms with E-state index in [4.69, 9.17) is 9.84 Å². The molecule has 0 atom stereocenters. The summed E-state index contributed by atoms with van der Waals surface area (Å²) < 4.78 is 5.63. The number of hydrogen-bond acceptors (Lipinski definition) is 4. The summed E-state index contributed by atoms with van der Waals surface area (Å²) in [7, 11) is 0. The number of alkyl carbamates (subject to hydrolysis) is 1. The molecule has 1 fully saturated rings. The highest BCUT2D eigenvalue weighted by atomic mass is 16.5. The van der Waals surface area contributed by atoms with Crippen LogP contribution in [0.2, 0.25) is 0 Å². The predicted molar refractivity (Wildman–Crippen MR) is 129 cm³/mol. The molecule has 7 heteroatoms. The number of aliphatic carboxylic acids is 1. The van der Waals surface area contributed by atoms with Crippen molar-refractivity contribution in [2.24, 2.45) is 0 Å². The fourth-order valence-corrected chi connectivity index (χ4v) is 4.89. The summed E-state index contributed by atoms with van der Waals surface area (Å²) >= 11 is 0. The van der Waals surface area contributed by atoms with E-state index >= 15 is 0 Å². The maximum atomic E-state index is 12.8. The van der Waals surface area contributed by atoms with Crippen LogP contribution in [0.25, 0.3) is 11.1 Å². The molecule has 0 spiro atoms. The zero-order valence-corrected chi connectivity index (χ0v) is 19.3. The smallest absolute Gasteiger partial charge is 0.408 e. The van der Waals surface area contributed by atoms with Gasteiger partial charge in [0.15, 0.2) is 0 Å². The molecule has 0 heterocycles. The Morgan fingerprint density at radius 3 is 2.12 bits per heavy atom. The van der Waals surface area contributed by atoms with Crippen molar-refractivity contribution in [3.63, 3.8) is 0 Å². The Labute approximate surface area is 199 Å². The molecule has 2 aliphatic carbocycles. The number of carboxylic acid groups (broad SMARTS) is 1. The van der Waals surface area contributed by atoms with Gasteiger partial charge in [-0.1, -0.05) is 61.4 Å². The molecule has 1 saturated carbocycles. The summed E-state index contributed by atoms with van der Waals surface area (Å²) in [6, 6.07) is 16.4. The summed E-state index contributed by atoms with van der Waals surface area (Å²) in [5, 5.41) is 14.4. The standard InChI is InChI=1S/C27H32N2O5/c30-24(31)14-3-1-2-8-17-28-25(32)27(15-9-16-27)29-26(33)34-18-23-21-12-6-4-10-19(21)20-11-5-7-13-22(20)23/h4-7,10-13,23H,1-3,8-9,14-18H2,(H,28,32)(H,29,33)(H,30,31). The van der Waals surface area contributed by atoms with E-state index in [1.165, 1.54) is 11.1 Å². The van der Waals surface area contributed by atoms with E-state index in [1.807, 2.05) is 24.3 Å². The summed E-state index contributed by atoms with van der Waals surface area (Å²) in [6.07, 6.45) is 4.81. The maximum absolute atomic E-state index is 12.8. The monoisotopic (exact) mass is 464 g/mol. The molecule has 2 aromatic rings. The zero-order chi connectivity index (χ0) is 24.0. The molecule has 2 amide bonds. The Balaban J connectivity index is 1.26. The molecular weight excluding hydrogens is 432 g/mol. The highest BCUT2D eigenvalue weighted by molar-refractivity contribution is 5.91. The number of rotatable bonds is 11. The Hall–Kier alpha value is -3.35. The molecule has 4 rings (SSSR count). The molecule has 180 valence electrons. The zero-order valence-electron chi connectivity index (χ0n) is 19.3. The Bertz CT molecular complexity index is 1000. The number of amides is 2. The SMILES string of the molecule is O=C(O)CCCCCCNC(=O)C1(NC(=O)OCC2c3ccccc3-c3ccccc32)CCC1. The van der Waals surface area contributed by atoms with Crippen LogP contribution >= 0.6 is 0 Å². The van der Waals surface area contributed by atoms with Crippen molar-refractivity contribution in [2.75, 3.05) is 13.2 Å². The molecular formula is C27H32N2O5. The minimum absolute atomic E-state index is 0.0227. The summed E-state index contributed by atoms with van der Waals surface area (Å²) in [5.74, 6) is -0.970. The van der Waals surface area contributed by atoms with Gasteiger partial charge in [0, 0.05) is 18.9 Å². The van der Waals surface area contributed by atoms with Crippen molar-refractivity contribution < 1.29 is 24.2 Å². The number of carbonyl (C=O) groups excluding carboxylic acids is 2. The molecule has 0 aliphatic heterocycles. The normalized spacial score (nSPS) is 15.5. The third-order valence-corrected chi connectivity index (χ3v) is 6.93. The number of benzene rings is 2. The molecule has 0 bridgehead atoms. The third-order valence-electron chi connectivity index (χ3n) is 6.93. The first-order chi connectivity index (χ1) is 16.5. The van der Waals surface area contributed by atoms with Gasteiger partial charge >= 0.3 is 12.1 Å². The molecule has 0 unspecified atom stereocenters. The van der Waals surface area contributed by atoms with E-state index in [1.54, 1.807) is 0 Å². The average Bonchev–Trinajstić information content (AvgIpc) is 3.13. The largest absolute Gasteiger partial charge is 0.481 e. The topological polar surface area (TPSA) is 105 Å². The Morgan fingerprint density at radius 2 is 1.53 bits per heavy atom. The van der Waals surface area contributed by atoms with Gasteiger partial charge in [0.1, 0.15) is 12.1 Å². The van der Waals surface area contributed by atoms with E-state index < -0.39 is 17.6 Å². The van der Waals surface area contributed by atoms with Crippen LogP contribution in [0.3, 0.4) is 0 Å². The van der Waals surface area contributed by atoms with Crippen molar-refractivity contribution in [3.05, 3.63) is 59.7 Å². The number of nitrogens with one attached hydrogen (secondary N) is 2. The van der Waals surface area contributed by atoms with Crippen LogP contribution < -0.4 is 10.6 Å². The molecule has 7 nitrogen and oxygen atoms in total. The Kier molecular flexibility index (Phi) is 7.50. The highest BCUT2D eigenvalue weighted by Gasteiger charge is 2.45. The molecule has 0 aromatic heterocycles. The summed E-state index contributed by atoms with van der Waals surface area (Å²) in [4.78, 5) is 36.0. The third kappa shape index (κ3) is 5.24. The van der Waals surface area contributed by atoms with E-state index in [2.05, 4.69) is 34.9 Å². The second kappa shape index (κ2) is 10.7. The van der Waals surface area contributed by atoms with Crippen LogP contribution in [-0.2, 0) is 14.3 Å². The predicted octanol–water partition coefficient (Wildman–Crippen LogP) is 4.60. The highest BCUT2D eigenvalue weighted by Crippen LogP contribution is 2.44. The van der Waals surface area contributed by atoms with Gasteiger partial charge in [0.05, 0.1) is 0 Å². The van der Waals surface area contributed by atoms with Gasteiger partial charge < -0.3 is 20.5 Å². The lowest BCUT2D eigenvalue weighted by Crippen LogP contribution is -2.63. The second-order valence-corrected chi connectivity index (χ2v) is 9.20. The molecule has 34 heavy (non-hydrogen) atoms. The van der Waals surface area contributed by atoms with Gasteiger partial charge in [-0.05, 0) is 54.4 Å². The van der Waals surface area contributed by atoms with Crippen molar-refractivity contribution >= 4 is 18.0 Å². The van der Waals surface area contributed by atoms with Crippen LogP contribution in [0.4, 0.5) is 4.79 Å². The number of hydrogen-bond donors (Lipinski definition) is 3. The van der Waals surface area contributed by atoms with Crippen LogP contribution in [0.15, 0.2) is 48.5 Å². The van der Waals surface area contributed by atoms with Crippen molar-refractivity contribution in [3.8, 4) is 11.1 Å². The van der Waals surface area contributed by atoms with Gasteiger partial charge in [-0.15, -0.1) is 0 Å². The van der Waals surface area contributed by atoms with E-state index in [-0.39, 0.29) is 24.9 Å². The van der Waals surface area contributed by atoms with Crippen molar-refractivity contribution in [1.29, 1.82) is 0 Å². The fourth-order valence-electron chi connectivity index (χ4n) is 4.89. The first-order valence-corrected chi connectivity index (χ1v) is 12.1. The van der Waals surface area contributed by atoms with E-state index in [9.17, 15) is 14.4 Å². The van der Waals surface area contributed by atoms with Crippen LogP contribution in [-0.4, -0.2) is 41.8 Å².